The van der Waals surface area contributed by atoms with Gasteiger partial charge in [0.15, 0.2) is 29.6 Å². The van der Waals surface area contributed by atoms with Crippen molar-refractivity contribution < 1.29 is 38.4 Å². The number of imidazole rings is 1. The zero-order valence-electron chi connectivity index (χ0n) is 15.6. The van der Waals surface area contributed by atoms with E-state index in [1.54, 1.807) is 13.8 Å². The Morgan fingerprint density at radius 1 is 1.17 bits per heavy atom. The standard InChI is InChI=1S/C16H20N4O9/c1-3-25-15(23)28-10-8(5-21)27-14(11(10)29-16(24)26-4-2)20-7-19-9-12(20)17-6-18-13(9)22/h6-8,10-11,14,21H,3-5H2,1-2H3,(H,17,18,22)/t8-,10-,11-,14-/m1/s1. The molecule has 2 aromatic heterocycles. The van der Waals surface area contributed by atoms with Crippen molar-refractivity contribution >= 4 is 23.5 Å². The van der Waals surface area contributed by atoms with Crippen molar-refractivity contribution in [3.63, 3.8) is 0 Å². The molecule has 1 aliphatic heterocycles. The monoisotopic (exact) mass is 412 g/mol. The fourth-order valence-corrected chi connectivity index (χ4v) is 2.92. The van der Waals surface area contributed by atoms with Gasteiger partial charge < -0.3 is 33.8 Å². The largest absolute Gasteiger partial charge is 0.508 e. The van der Waals surface area contributed by atoms with Crippen LogP contribution in [-0.2, 0) is 23.7 Å². The molecule has 13 nitrogen and oxygen atoms in total. The number of aliphatic hydroxyl groups is 1. The average molecular weight is 412 g/mol. The lowest BCUT2D eigenvalue weighted by Gasteiger charge is -2.23. The van der Waals surface area contributed by atoms with Crippen molar-refractivity contribution in [3.05, 3.63) is 23.0 Å². The van der Waals surface area contributed by atoms with E-state index in [0.29, 0.717) is 0 Å². The Bertz CT molecular complexity index is 926. The van der Waals surface area contributed by atoms with Crippen LogP contribution < -0.4 is 5.56 Å². The van der Waals surface area contributed by atoms with Crippen LogP contribution in [0.15, 0.2) is 17.4 Å². The van der Waals surface area contributed by atoms with Crippen LogP contribution in [0.2, 0.25) is 0 Å². The number of hydrogen-bond donors (Lipinski definition) is 2. The summed E-state index contributed by atoms with van der Waals surface area (Å²) in [5.74, 6) is 0. The molecule has 3 heterocycles. The number of fused-ring (bicyclic) bond motifs is 1. The predicted molar refractivity (Wildman–Crippen MR) is 92.9 cm³/mol. The molecule has 3 rings (SSSR count). The Labute approximate surface area is 163 Å². The zero-order chi connectivity index (χ0) is 21.0. The summed E-state index contributed by atoms with van der Waals surface area (Å²) in [6, 6.07) is 0. The Balaban J connectivity index is 1.98. The lowest BCUT2D eigenvalue weighted by atomic mass is 10.1. The molecule has 0 amide bonds. The third-order valence-corrected chi connectivity index (χ3v) is 4.09. The maximum Gasteiger partial charge on any atom is 0.508 e. The van der Waals surface area contributed by atoms with Gasteiger partial charge >= 0.3 is 12.3 Å². The molecule has 13 heteroatoms. The molecule has 29 heavy (non-hydrogen) atoms. The van der Waals surface area contributed by atoms with Crippen molar-refractivity contribution in [2.24, 2.45) is 0 Å². The Kier molecular flexibility index (Phi) is 6.29. The molecule has 1 aliphatic rings. The molecule has 1 saturated heterocycles. The predicted octanol–water partition coefficient (Wildman–Crippen LogP) is 0.0927. The molecule has 0 unspecified atom stereocenters. The lowest BCUT2D eigenvalue weighted by Crippen LogP contribution is -2.41. The second kappa shape index (κ2) is 8.87. The number of aliphatic hydroxyl groups excluding tert-OH is 1. The lowest BCUT2D eigenvalue weighted by molar-refractivity contribution is -0.0630. The number of rotatable bonds is 6. The van der Waals surface area contributed by atoms with Crippen molar-refractivity contribution in [1.29, 1.82) is 0 Å². The van der Waals surface area contributed by atoms with E-state index in [9.17, 15) is 19.5 Å². The Morgan fingerprint density at radius 2 is 1.83 bits per heavy atom. The van der Waals surface area contributed by atoms with Crippen LogP contribution >= 0.6 is 0 Å². The van der Waals surface area contributed by atoms with Crippen LogP contribution in [0.25, 0.3) is 11.2 Å². The Morgan fingerprint density at radius 3 is 2.45 bits per heavy atom. The summed E-state index contributed by atoms with van der Waals surface area (Å²) < 4.78 is 27.2. The van der Waals surface area contributed by atoms with Crippen LogP contribution in [-0.4, -0.2) is 75.1 Å². The first-order chi connectivity index (χ1) is 14.0. The van der Waals surface area contributed by atoms with Gasteiger partial charge in [0.05, 0.1) is 32.5 Å². The summed E-state index contributed by atoms with van der Waals surface area (Å²) in [6.07, 6.45) is -4.24. The van der Waals surface area contributed by atoms with Gasteiger partial charge in [0.1, 0.15) is 6.10 Å². The fourth-order valence-electron chi connectivity index (χ4n) is 2.92. The molecule has 0 aliphatic carbocycles. The van der Waals surface area contributed by atoms with Crippen molar-refractivity contribution in [3.8, 4) is 0 Å². The van der Waals surface area contributed by atoms with Gasteiger partial charge in [0, 0.05) is 0 Å². The Hall–Kier alpha value is -3.19. The van der Waals surface area contributed by atoms with E-state index in [0.717, 1.165) is 0 Å². The molecule has 0 aromatic carbocycles. The summed E-state index contributed by atoms with van der Waals surface area (Å²) in [5, 5.41) is 9.68. The first-order valence-corrected chi connectivity index (χ1v) is 8.83. The van der Waals surface area contributed by atoms with E-state index in [4.69, 9.17) is 23.7 Å². The van der Waals surface area contributed by atoms with Crippen molar-refractivity contribution in [2.45, 2.75) is 38.4 Å². The van der Waals surface area contributed by atoms with E-state index in [-0.39, 0.29) is 24.4 Å². The maximum atomic E-state index is 12.0. The van der Waals surface area contributed by atoms with Gasteiger partial charge in [-0.05, 0) is 13.8 Å². The van der Waals surface area contributed by atoms with E-state index in [2.05, 4.69) is 15.0 Å². The first-order valence-electron chi connectivity index (χ1n) is 8.83. The van der Waals surface area contributed by atoms with Crippen LogP contribution in [0.4, 0.5) is 9.59 Å². The van der Waals surface area contributed by atoms with E-state index in [1.807, 2.05) is 0 Å². The molecule has 1 fully saturated rings. The third-order valence-electron chi connectivity index (χ3n) is 4.09. The second-order valence-electron chi connectivity index (χ2n) is 5.83. The number of nitrogens with one attached hydrogen (secondary N) is 1. The molecule has 0 bridgehead atoms. The zero-order valence-corrected chi connectivity index (χ0v) is 15.6. The number of carbonyl (C=O) groups excluding carboxylic acids is 2. The second-order valence-corrected chi connectivity index (χ2v) is 5.83. The van der Waals surface area contributed by atoms with Gasteiger partial charge in [-0.25, -0.2) is 19.6 Å². The first kappa shape index (κ1) is 20.5. The number of H-pyrrole nitrogens is 1. The number of ether oxygens (including phenoxy) is 5. The maximum absolute atomic E-state index is 12.0. The van der Waals surface area contributed by atoms with Gasteiger partial charge in [-0.15, -0.1) is 0 Å². The average Bonchev–Trinajstić information content (AvgIpc) is 3.25. The van der Waals surface area contributed by atoms with E-state index >= 15 is 0 Å². The van der Waals surface area contributed by atoms with Crippen molar-refractivity contribution in [1.82, 2.24) is 19.5 Å². The minimum absolute atomic E-state index is 0.0290. The number of hydrogen-bond acceptors (Lipinski definition) is 11. The van der Waals surface area contributed by atoms with E-state index in [1.165, 1.54) is 17.2 Å². The van der Waals surface area contributed by atoms with Gasteiger partial charge in [-0.1, -0.05) is 0 Å². The van der Waals surface area contributed by atoms with Crippen LogP contribution in [0.1, 0.15) is 20.1 Å². The smallest absolute Gasteiger partial charge is 0.435 e. The normalized spacial score (nSPS) is 23.7. The van der Waals surface area contributed by atoms with Crippen LogP contribution in [0.5, 0.6) is 0 Å². The molecule has 2 aromatic rings. The molecular formula is C16H20N4O9. The minimum Gasteiger partial charge on any atom is -0.435 e. The summed E-state index contributed by atoms with van der Waals surface area (Å²) in [5.41, 5.74) is -0.307. The molecule has 158 valence electrons. The van der Waals surface area contributed by atoms with Gasteiger partial charge in [-0.2, -0.15) is 0 Å². The highest BCUT2D eigenvalue weighted by Crippen LogP contribution is 2.35. The topological polar surface area (TPSA) is 164 Å². The number of nitrogens with zero attached hydrogens (tertiary/aromatic N) is 3. The van der Waals surface area contributed by atoms with Gasteiger partial charge in [0.2, 0.25) is 0 Å². The highest BCUT2D eigenvalue weighted by molar-refractivity contribution is 5.69. The summed E-state index contributed by atoms with van der Waals surface area (Å²) in [7, 11) is 0. The summed E-state index contributed by atoms with van der Waals surface area (Å²) in [4.78, 5) is 46.1. The molecular weight excluding hydrogens is 392 g/mol. The molecule has 2 N–H and O–H groups in total. The molecule has 0 spiro atoms. The number of aromatic amines is 1. The number of aromatic nitrogens is 4. The molecule has 4 atom stereocenters. The molecule has 0 saturated carbocycles. The van der Waals surface area contributed by atoms with Crippen LogP contribution in [0.3, 0.4) is 0 Å². The van der Waals surface area contributed by atoms with Crippen LogP contribution in [0, 0.1) is 0 Å². The summed E-state index contributed by atoms with van der Waals surface area (Å²) in [6.45, 7) is 2.74. The fraction of sp³-hybridized carbons (Fsp3) is 0.562. The summed E-state index contributed by atoms with van der Waals surface area (Å²) >= 11 is 0. The quantitative estimate of drug-likeness (QED) is 0.618. The minimum atomic E-state index is -1.24. The highest BCUT2D eigenvalue weighted by atomic mass is 16.8. The third kappa shape index (κ3) is 4.14. The van der Waals surface area contributed by atoms with Gasteiger partial charge in [0.25, 0.3) is 5.56 Å². The number of carbonyl (C=O) groups is 2. The van der Waals surface area contributed by atoms with E-state index < -0.39 is 49.0 Å². The van der Waals surface area contributed by atoms with Crippen molar-refractivity contribution in [2.75, 3.05) is 19.8 Å². The highest BCUT2D eigenvalue weighted by Gasteiger charge is 2.51. The SMILES string of the molecule is CCOC(=O)O[C@@H]1[C@H](OC(=O)OCC)[C@@H](CO)O[C@H]1n1cnc2c(=O)[nH]cnc21. The molecule has 0 radical (unpaired) electrons. The van der Waals surface area contributed by atoms with Gasteiger partial charge in [-0.3, -0.25) is 9.36 Å².